The maximum Gasteiger partial charge on any atom is 0.224 e. The van der Waals surface area contributed by atoms with Gasteiger partial charge < -0.3 is 20.4 Å². The van der Waals surface area contributed by atoms with Crippen molar-refractivity contribution in [1.29, 1.82) is 0 Å². The number of carbonyl (C=O) groups is 1. The van der Waals surface area contributed by atoms with E-state index in [4.69, 9.17) is 0 Å². The molecule has 0 atom stereocenters. The number of amides is 1. The number of hydrogen-bond acceptors (Lipinski definition) is 6. The minimum absolute atomic E-state index is 0. The molecule has 10 nitrogen and oxygen atoms in total. The van der Waals surface area contributed by atoms with Crippen LogP contribution in [0.5, 0.6) is 0 Å². The van der Waals surface area contributed by atoms with Crippen LogP contribution in [0.15, 0.2) is 35.7 Å². The van der Waals surface area contributed by atoms with Gasteiger partial charge in [0.25, 0.3) is 0 Å². The zero-order chi connectivity index (χ0) is 19.8. The van der Waals surface area contributed by atoms with Crippen molar-refractivity contribution in [3.8, 4) is 0 Å². The molecule has 29 heavy (non-hydrogen) atoms. The first kappa shape index (κ1) is 22.8. The van der Waals surface area contributed by atoms with Crippen molar-refractivity contribution in [3.05, 3.63) is 36.5 Å². The summed E-state index contributed by atoms with van der Waals surface area (Å²) in [6.45, 7) is 4.08. The lowest BCUT2D eigenvalue weighted by atomic mass is 10.2. The maximum atomic E-state index is 12.5. The Balaban J connectivity index is 0.00000300. The number of guanidine groups is 1. The number of anilines is 1. The number of aliphatic imine (C=N–C) groups is 1. The largest absolute Gasteiger partial charge is 0.356 e. The summed E-state index contributed by atoms with van der Waals surface area (Å²) in [7, 11) is 3.54. The average molecular weight is 513 g/mol. The summed E-state index contributed by atoms with van der Waals surface area (Å²) in [5, 5.41) is 10.4. The van der Waals surface area contributed by atoms with E-state index in [0.29, 0.717) is 38.6 Å². The van der Waals surface area contributed by atoms with Crippen molar-refractivity contribution >= 4 is 41.7 Å². The molecule has 1 amide bonds. The molecule has 1 fully saturated rings. The first-order chi connectivity index (χ1) is 13.7. The molecule has 1 saturated heterocycles. The van der Waals surface area contributed by atoms with Gasteiger partial charge in [-0.1, -0.05) is 6.07 Å². The third kappa shape index (κ3) is 6.54. The van der Waals surface area contributed by atoms with Crippen LogP contribution in [-0.4, -0.2) is 76.3 Å². The highest BCUT2D eigenvalue weighted by Gasteiger charge is 2.21. The molecule has 0 spiro atoms. The SMILES string of the molecule is CN=C(NCCC(=O)N1CCN(c2ccccn2)CC1)NCc1ncnn1C.I. The van der Waals surface area contributed by atoms with Crippen molar-refractivity contribution in [1.82, 2.24) is 35.3 Å². The second-order valence-corrected chi connectivity index (χ2v) is 6.46. The van der Waals surface area contributed by atoms with Gasteiger partial charge in [-0.25, -0.2) is 9.97 Å². The van der Waals surface area contributed by atoms with Gasteiger partial charge >= 0.3 is 0 Å². The summed E-state index contributed by atoms with van der Waals surface area (Å²) in [5.74, 6) is 2.56. The van der Waals surface area contributed by atoms with Gasteiger partial charge in [0.05, 0.1) is 6.54 Å². The molecule has 1 aliphatic heterocycles. The van der Waals surface area contributed by atoms with Crippen molar-refractivity contribution in [2.24, 2.45) is 12.0 Å². The lowest BCUT2D eigenvalue weighted by molar-refractivity contribution is -0.131. The van der Waals surface area contributed by atoms with Crippen LogP contribution in [0.1, 0.15) is 12.2 Å². The molecule has 3 rings (SSSR count). The third-order valence-electron chi connectivity index (χ3n) is 4.68. The Kier molecular flexibility index (Phi) is 9.09. The first-order valence-corrected chi connectivity index (χ1v) is 9.38. The Morgan fingerprint density at radius 1 is 1.17 bits per heavy atom. The summed E-state index contributed by atoms with van der Waals surface area (Å²) in [6, 6.07) is 5.89. The molecule has 0 saturated carbocycles. The average Bonchev–Trinajstić information content (AvgIpc) is 3.16. The Hall–Kier alpha value is -2.44. The van der Waals surface area contributed by atoms with Gasteiger partial charge in [-0.15, -0.1) is 24.0 Å². The van der Waals surface area contributed by atoms with Crippen LogP contribution >= 0.6 is 24.0 Å². The van der Waals surface area contributed by atoms with E-state index in [9.17, 15) is 4.79 Å². The molecule has 2 aromatic heterocycles. The van der Waals surface area contributed by atoms with Gasteiger partial charge in [0.2, 0.25) is 5.91 Å². The second-order valence-electron chi connectivity index (χ2n) is 6.46. The summed E-state index contributed by atoms with van der Waals surface area (Å²) >= 11 is 0. The molecule has 0 unspecified atom stereocenters. The predicted octanol–water partition coefficient (Wildman–Crippen LogP) is 0.232. The smallest absolute Gasteiger partial charge is 0.224 e. The molecule has 2 aromatic rings. The quantitative estimate of drug-likeness (QED) is 0.324. The van der Waals surface area contributed by atoms with Crippen LogP contribution in [0, 0.1) is 0 Å². The zero-order valence-electron chi connectivity index (χ0n) is 16.8. The number of piperazine rings is 1. The minimum Gasteiger partial charge on any atom is -0.356 e. The van der Waals surface area contributed by atoms with Gasteiger partial charge in [0.15, 0.2) is 5.96 Å². The molecule has 2 N–H and O–H groups in total. The molecule has 158 valence electrons. The highest BCUT2D eigenvalue weighted by atomic mass is 127. The summed E-state index contributed by atoms with van der Waals surface area (Å²) in [4.78, 5) is 29.3. The zero-order valence-corrected chi connectivity index (χ0v) is 19.1. The van der Waals surface area contributed by atoms with Crippen LogP contribution in [0.3, 0.4) is 0 Å². The van der Waals surface area contributed by atoms with E-state index in [0.717, 1.165) is 24.7 Å². The molecule has 0 aliphatic carbocycles. The molecule has 0 radical (unpaired) electrons. The molecule has 11 heteroatoms. The minimum atomic E-state index is 0. The van der Waals surface area contributed by atoms with Crippen LogP contribution in [0.2, 0.25) is 0 Å². The lowest BCUT2D eigenvalue weighted by Crippen LogP contribution is -2.49. The normalized spacial score (nSPS) is 14.3. The number of nitrogens with zero attached hydrogens (tertiary/aromatic N) is 7. The van der Waals surface area contributed by atoms with Crippen LogP contribution < -0.4 is 15.5 Å². The number of aryl methyl sites for hydroxylation is 1. The summed E-state index contributed by atoms with van der Waals surface area (Å²) in [5.41, 5.74) is 0. The molecule has 1 aliphatic rings. The Morgan fingerprint density at radius 2 is 1.97 bits per heavy atom. The van der Waals surface area contributed by atoms with Gasteiger partial charge in [-0.2, -0.15) is 5.10 Å². The Labute approximate surface area is 187 Å². The topological polar surface area (TPSA) is 104 Å². The molecule has 0 bridgehead atoms. The van der Waals surface area contributed by atoms with Crippen molar-refractivity contribution < 1.29 is 4.79 Å². The number of aromatic nitrogens is 4. The summed E-state index contributed by atoms with van der Waals surface area (Å²) < 4.78 is 1.70. The maximum absolute atomic E-state index is 12.5. The van der Waals surface area contributed by atoms with E-state index in [1.165, 1.54) is 6.33 Å². The number of pyridine rings is 1. The number of hydrogen-bond donors (Lipinski definition) is 2. The number of halogens is 1. The van der Waals surface area contributed by atoms with Crippen LogP contribution in [0.4, 0.5) is 5.82 Å². The predicted molar refractivity (Wildman–Crippen MR) is 122 cm³/mol. The van der Waals surface area contributed by atoms with E-state index in [1.807, 2.05) is 30.1 Å². The highest BCUT2D eigenvalue weighted by molar-refractivity contribution is 14.0. The van der Waals surface area contributed by atoms with Crippen LogP contribution in [-0.2, 0) is 18.4 Å². The Bertz CT molecular complexity index is 788. The standard InChI is InChI=1S/C18H27N9O.HI/c1-19-18(22-13-16-23-14-24-25(16)2)21-8-6-17(28)27-11-9-26(10-12-27)15-5-3-4-7-20-15;/h3-5,7,14H,6,8-13H2,1-2H3,(H2,19,21,22);1H. The van der Waals surface area contributed by atoms with Gasteiger partial charge in [-0.3, -0.25) is 14.5 Å². The first-order valence-electron chi connectivity index (χ1n) is 9.38. The second kappa shape index (κ2) is 11.5. The fraction of sp³-hybridized carbons (Fsp3) is 0.500. The van der Waals surface area contributed by atoms with Crippen molar-refractivity contribution in [3.63, 3.8) is 0 Å². The van der Waals surface area contributed by atoms with E-state index in [-0.39, 0.29) is 29.9 Å². The fourth-order valence-corrected chi connectivity index (χ4v) is 3.04. The molecule has 0 aromatic carbocycles. The van der Waals surface area contributed by atoms with E-state index in [1.54, 1.807) is 17.9 Å². The number of nitrogens with one attached hydrogen (secondary N) is 2. The molecule has 3 heterocycles. The number of rotatable bonds is 6. The molecular weight excluding hydrogens is 485 g/mol. The van der Waals surface area contributed by atoms with Crippen LogP contribution in [0.25, 0.3) is 0 Å². The fourth-order valence-electron chi connectivity index (χ4n) is 3.04. The van der Waals surface area contributed by atoms with Crippen molar-refractivity contribution in [2.75, 3.05) is 44.7 Å². The highest BCUT2D eigenvalue weighted by Crippen LogP contribution is 2.12. The lowest BCUT2D eigenvalue weighted by Gasteiger charge is -2.35. The number of carbonyl (C=O) groups excluding carboxylic acids is 1. The summed E-state index contributed by atoms with van der Waals surface area (Å²) in [6.07, 6.45) is 3.73. The van der Waals surface area contributed by atoms with E-state index >= 15 is 0 Å². The Morgan fingerprint density at radius 3 is 2.59 bits per heavy atom. The van der Waals surface area contributed by atoms with E-state index < -0.39 is 0 Å². The van der Waals surface area contributed by atoms with Gasteiger partial charge in [-0.05, 0) is 12.1 Å². The monoisotopic (exact) mass is 513 g/mol. The van der Waals surface area contributed by atoms with Gasteiger partial charge in [0.1, 0.15) is 18.0 Å². The molecular formula is C18H28IN9O. The van der Waals surface area contributed by atoms with E-state index in [2.05, 4.69) is 35.6 Å². The third-order valence-corrected chi connectivity index (χ3v) is 4.68. The van der Waals surface area contributed by atoms with Crippen molar-refractivity contribution in [2.45, 2.75) is 13.0 Å². The van der Waals surface area contributed by atoms with Gasteiger partial charge in [0, 0.05) is 59.4 Å².